The van der Waals surface area contributed by atoms with Crippen LogP contribution in [0, 0.1) is 12.7 Å². The monoisotopic (exact) mass is 230 g/mol. The summed E-state index contributed by atoms with van der Waals surface area (Å²) in [5, 5.41) is 3.14. The molecule has 88 valence electrons. The van der Waals surface area contributed by atoms with Crippen molar-refractivity contribution >= 4 is 5.82 Å². The third kappa shape index (κ3) is 2.81. The highest BCUT2D eigenvalue weighted by molar-refractivity contribution is 5.62. The molecule has 0 aliphatic rings. The van der Waals surface area contributed by atoms with Crippen LogP contribution in [0.1, 0.15) is 12.5 Å². The van der Waals surface area contributed by atoms with Crippen LogP contribution in [0.2, 0.25) is 0 Å². The van der Waals surface area contributed by atoms with E-state index in [0.717, 1.165) is 29.2 Å². The number of anilines is 1. The predicted molar refractivity (Wildman–Crippen MR) is 68.5 cm³/mol. The van der Waals surface area contributed by atoms with Gasteiger partial charge in [-0.15, -0.1) is 0 Å². The highest BCUT2D eigenvalue weighted by Crippen LogP contribution is 2.21. The summed E-state index contributed by atoms with van der Waals surface area (Å²) in [5.41, 5.74) is 2.49. The smallest absolute Gasteiger partial charge is 0.126 e. The highest BCUT2D eigenvalue weighted by Gasteiger charge is 2.03. The molecule has 0 spiro atoms. The first kappa shape index (κ1) is 11.6. The number of benzene rings is 1. The zero-order valence-electron chi connectivity index (χ0n) is 10.00. The number of aromatic nitrogens is 1. The topological polar surface area (TPSA) is 24.9 Å². The van der Waals surface area contributed by atoms with Crippen LogP contribution in [-0.4, -0.2) is 11.5 Å². The lowest BCUT2D eigenvalue weighted by Gasteiger charge is -2.06. The molecule has 0 atom stereocenters. The number of hydrogen-bond acceptors (Lipinski definition) is 2. The molecule has 0 saturated carbocycles. The van der Waals surface area contributed by atoms with Crippen molar-refractivity contribution in [3.8, 4) is 11.3 Å². The lowest BCUT2D eigenvalue weighted by Crippen LogP contribution is -1.99. The van der Waals surface area contributed by atoms with E-state index in [4.69, 9.17) is 0 Å². The molecule has 0 amide bonds. The van der Waals surface area contributed by atoms with Gasteiger partial charge >= 0.3 is 0 Å². The third-order valence-electron chi connectivity index (χ3n) is 2.44. The van der Waals surface area contributed by atoms with E-state index in [1.165, 1.54) is 12.1 Å². The van der Waals surface area contributed by atoms with E-state index in [9.17, 15) is 4.39 Å². The Balaban J connectivity index is 2.41. The molecule has 0 fully saturated rings. The normalized spacial score (nSPS) is 10.3. The number of aryl methyl sites for hydroxylation is 1. The van der Waals surface area contributed by atoms with Gasteiger partial charge in [0, 0.05) is 12.1 Å². The summed E-state index contributed by atoms with van der Waals surface area (Å²) in [6, 6.07) is 10.7. The first-order valence-electron chi connectivity index (χ1n) is 5.67. The van der Waals surface area contributed by atoms with Gasteiger partial charge in [0.15, 0.2) is 0 Å². The predicted octanol–water partition coefficient (Wildman–Crippen LogP) is 3.63. The Labute approximate surface area is 101 Å². The van der Waals surface area contributed by atoms with E-state index in [1.54, 1.807) is 0 Å². The van der Waals surface area contributed by atoms with Crippen molar-refractivity contribution < 1.29 is 4.39 Å². The van der Waals surface area contributed by atoms with Crippen molar-refractivity contribution in [1.29, 1.82) is 0 Å². The molecule has 2 nitrogen and oxygen atoms in total. The fraction of sp³-hybridized carbons (Fsp3) is 0.214. The Hall–Kier alpha value is -1.90. The van der Waals surface area contributed by atoms with Crippen LogP contribution in [0.3, 0.4) is 0 Å². The fourth-order valence-corrected chi connectivity index (χ4v) is 1.76. The van der Waals surface area contributed by atoms with E-state index >= 15 is 0 Å². The van der Waals surface area contributed by atoms with E-state index in [1.807, 2.05) is 38.1 Å². The first-order valence-corrected chi connectivity index (χ1v) is 5.67. The maximum absolute atomic E-state index is 13.3. The van der Waals surface area contributed by atoms with Gasteiger partial charge in [0.1, 0.15) is 11.6 Å². The molecule has 0 aliphatic carbocycles. The Morgan fingerprint density at radius 2 is 2.06 bits per heavy atom. The summed E-state index contributed by atoms with van der Waals surface area (Å²) in [6.07, 6.45) is 0. The van der Waals surface area contributed by atoms with Crippen molar-refractivity contribution in [1.82, 2.24) is 4.98 Å². The van der Waals surface area contributed by atoms with Gasteiger partial charge in [-0.25, -0.2) is 9.37 Å². The van der Waals surface area contributed by atoms with E-state index in [2.05, 4.69) is 10.3 Å². The molecular formula is C14H15FN2. The van der Waals surface area contributed by atoms with Gasteiger partial charge in [-0.2, -0.15) is 0 Å². The van der Waals surface area contributed by atoms with Gasteiger partial charge in [0.05, 0.1) is 5.69 Å². The zero-order chi connectivity index (χ0) is 12.3. The van der Waals surface area contributed by atoms with Crippen LogP contribution in [0.25, 0.3) is 11.3 Å². The molecule has 2 rings (SSSR count). The number of nitrogens with zero attached hydrogens (tertiary/aromatic N) is 1. The first-order chi connectivity index (χ1) is 8.19. The molecular weight excluding hydrogens is 215 g/mol. The van der Waals surface area contributed by atoms with Gasteiger partial charge in [0.2, 0.25) is 0 Å². The van der Waals surface area contributed by atoms with Crippen molar-refractivity contribution in [2.24, 2.45) is 0 Å². The molecule has 2 aromatic rings. The van der Waals surface area contributed by atoms with Gasteiger partial charge in [-0.05, 0) is 49.7 Å². The molecule has 0 saturated heterocycles. The molecule has 1 aromatic carbocycles. The summed E-state index contributed by atoms with van der Waals surface area (Å²) in [5.74, 6) is 0.586. The Morgan fingerprint density at radius 1 is 1.24 bits per heavy atom. The Kier molecular flexibility index (Phi) is 3.38. The Morgan fingerprint density at radius 3 is 2.76 bits per heavy atom. The lowest BCUT2D eigenvalue weighted by atomic mass is 10.1. The minimum absolute atomic E-state index is 0.226. The quantitative estimate of drug-likeness (QED) is 0.871. The zero-order valence-corrected chi connectivity index (χ0v) is 10.00. The van der Waals surface area contributed by atoms with Crippen molar-refractivity contribution in [3.63, 3.8) is 0 Å². The van der Waals surface area contributed by atoms with Crippen LogP contribution in [-0.2, 0) is 0 Å². The average molecular weight is 230 g/mol. The minimum atomic E-state index is -0.226. The fourth-order valence-electron chi connectivity index (χ4n) is 1.76. The number of nitrogens with one attached hydrogen (secondary N) is 1. The second-order valence-corrected chi connectivity index (χ2v) is 3.96. The number of pyridine rings is 1. The van der Waals surface area contributed by atoms with Crippen molar-refractivity contribution in [2.45, 2.75) is 13.8 Å². The lowest BCUT2D eigenvalue weighted by molar-refractivity contribution is 0.627. The second-order valence-electron chi connectivity index (χ2n) is 3.96. The molecule has 0 radical (unpaired) electrons. The molecule has 1 aromatic heterocycles. The molecule has 17 heavy (non-hydrogen) atoms. The summed E-state index contributed by atoms with van der Waals surface area (Å²) in [4.78, 5) is 4.44. The molecule has 1 N–H and O–H groups in total. The van der Waals surface area contributed by atoms with E-state index in [-0.39, 0.29) is 5.82 Å². The highest BCUT2D eigenvalue weighted by atomic mass is 19.1. The van der Waals surface area contributed by atoms with Gasteiger partial charge < -0.3 is 5.32 Å². The van der Waals surface area contributed by atoms with Crippen LogP contribution in [0.4, 0.5) is 10.2 Å². The number of hydrogen-bond donors (Lipinski definition) is 1. The van der Waals surface area contributed by atoms with Crippen molar-refractivity contribution in [3.05, 3.63) is 47.8 Å². The van der Waals surface area contributed by atoms with E-state index < -0.39 is 0 Å². The number of rotatable bonds is 3. The third-order valence-corrected chi connectivity index (χ3v) is 2.44. The summed E-state index contributed by atoms with van der Waals surface area (Å²) in [7, 11) is 0. The molecule has 1 heterocycles. The van der Waals surface area contributed by atoms with Crippen molar-refractivity contribution in [2.75, 3.05) is 11.9 Å². The van der Waals surface area contributed by atoms with Gasteiger partial charge in [-0.1, -0.05) is 6.07 Å². The number of halogens is 1. The maximum Gasteiger partial charge on any atom is 0.126 e. The molecule has 0 bridgehead atoms. The SMILES string of the molecule is CCNc1cccc(-c2cc(C)cc(F)c2)n1. The average Bonchev–Trinajstić information content (AvgIpc) is 2.28. The van der Waals surface area contributed by atoms with Crippen LogP contribution >= 0.6 is 0 Å². The minimum Gasteiger partial charge on any atom is -0.370 e. The second kappa shape index (κ2) is 4.95. The van der Waals surface area contributed by atoms with Gasteiger partial charge in [0.25, 0.3) is 0 Å². The van der Waals surface area contributed by atoms with Crippen LogP contribution in [0.15, 0.2) is 36.4 Å². The van der Waals surface area contributed by atoms with E-state index in [0.29, 0.717) is 0 Å². The summed E-state index contributed by atoms with van der Waals surface area (Å²) in [6.45, 7) is 4.71. The standard InChI is InChI=1S/C14H15FN2/c1-3-16-14-6-4-5-13(17-14)11-7-10(2)8-12(15)9-11/h4-9H,3H2,1-2H3,(H,16,17). The molecule has 0 unspecified atom stereocenters. The molecule has 0 aliphatic heterocycles. The maximum atomic E-state index is 13.3. The largest absolute Gasteiger partial charge is 0.370 e. The summed E-state index contributed by atoms with van der Waals surface area (Å²) >= 11 is 0. The van der Waals surface area contributed by atoms with Crippen LogP contribution in [0.5, 0.6) is 0 Å². The van der Waals surface area contributed by atoms with Crippen LogP contribution < -0.4 is 5.32 Å². The summed E-state index contributed by atoms with van der Waals surface area (Å²) < 4.78 is 13.3. The Bertz CT molecular complexity index is 503. The molecule has 3 heteroatoms. The van der Waals surface area contributed by atoms with Gasteiger partial charge in [-0.3, -0.25) is 0 Å².